The molecule has 0 aromatic heterocycles. The van der Waals surface area contributed by atoms with Crippen LogP contribution in [0.25, 0.3) is 0 Å². The van der Waals surface area contributed by atoms with Gasteiger partial charge in [0.25, 0.3) is 0 Å². The van der Waals surface area contributed by atoms with Crippen LogP contribution in [0.2, 0.25) is 0 Å². The van der Waals surface area contributed by atoms with Gasteiger partial charge >= 0.3 is 0 Å². The van der Waals surface area contributed by atoms with E-state index in [1.165, 1.54) is 0 Å². The minimum atomic E-state index is -0.467. The second kappa shape index (κ2) is 6.44. The second-order valence-corrected chi connectivity index (χ2v) is 3.40. The third-order valence-electron chi connectivity index (χ3n) is 2.56. The molecule has 80 valence electrons. The Morgan fingerprint density at radius 3 is 2.43 bits per heavy atom. The quantitative estimate of drug-likeness (QED) is 0.626. The van der Waals surface area contributed by atoms with Gasteiger partial charge in [-0.3, -0.25) is 4.79 Å². The number of aliphatic hydroxyl groups excluding tert-OH is 1. The minimum Gasteiger partial charge on any atom is -0.394 e. The van der Waals surface area contributed by atoms with Crippen molar-refractivity contribution in [3.05, 3.63) is 0 Å². The highest BCUT2D eigenvalue weighted by molar-refractivity contribution is 5.77. The molecule has 0 aromatic carbocycles. The fourth-order valence-electron chi connectivity index (χ4n) is 1.23. The van der Waals surface area contributed by atoms with Crippen molar-refractivity contribution in [3.63, 3.8) is 0 Å². The maximum absolute atomic E-state index is 11.4. The molecule has 0 saturated heterocycles. The van der Waals surface area contributed by atoms with Crippen molar-refractivity contribution in [3.8, 4) is 12.3 Å². The predicted octanol–water partition coefficient (Wildman–Crippen LogP) is 1.07. The van der Waals surface area contributed by atoms with Crippen LogP contribution in [0.3, 0.4) is 0 Å². The number of aliphatic hydroxyl groups is 1. The number of hydrogen-bond acceptors (Lipinski definition) is 2. The van der Waals surface area contributed by atoms with Crippen molar-refractivity contribution in [1.29, 1.82) is 0 Å². The van der Waals surface area contributed by atoms with Gasteiger partial charge in [-0.2, -0.15) is 0 Å². The number of hydrogen-bond donors (Lipinski definition) is 2. The molecule has 2 N–H and O–H groups in total. The average Bonchev–Trinajstić information content (AvgIpc) is 2.23. The highest BCUT2D eigenvalue weighted by atomic mass is 16.3. The summed E-state index contributed by atoms with van der Waals surface area (Å²) in [5.74, 6) is 2.33. The van der Waals surface area contributed by atoms with Gasteiger partial charge in [-0.05, 0) is 12.8 Å². The summed E-state index contributed by atoms with van der Waals surface area (Å²) < 4.78 is 0. The van der Waals surface area contributed by atoms with Crippen LogP contribution in [0.15, 0.2) is 0 Å². The fraction of sp³-hybridized carbons (Fsp3) is 0.727. The van der Waals surface area contributed by atoms with Gasteiger partial charge in [-0.15, -0.1) is 12.3 Å². The summed E-state index contributed by atoms with van der Waals surface area (Å²) in [7, 11) is 0. The molecule has 0 saturated carbocycles. The third-order valence-corrected chi connectivity index (χ3v) is 2.56. The van der Waals surface area contributed by atoms with Gasteiger partial charge in [-0.1, -0.05) is 13.8 Å². The summed E-state index contributed by atoms with van der Waals surface area (Å²) in [5.41, 5.74) is -0.467. The zero-order chi connectivity index (χ0) is 11.0. The van der Waals surface area contributed by atoms with Gasteiger partial charge in [0.1, 0.15) is 0 Å². The van der Waals surface area contributed by atoms with Crippen LogP contribution < -0.4 is 5.32 Å². The molecule has 0 radical (unpaired) electrons. The van der Waals surface area contributed by atoms with Gasteiger partial charge < -0.3 is 10.4 Å². The minimum absolute atomic E-state index is 0.0260. The Morgan fingerprint density at radius 2 is 2.07 bits per heavy atom. The van der Waals surface area contributed by atoms with E-state index in [2.05, 4.69) is 11.2 Å². The Hall–Kier alpha value is -1.01. The Kier molecular flexibility index (Phi) is 5.98. The van der Waals surface area contributed by atoms with Crippen LogP contribution in [-0.4, -0.2) is 23.2 Å². The first-order chi connectivity index (χ1) is 6.64. The molecule has 1 amide bonds. The lowest BCUT2D eigenvalue weighted by Crippen LogP contribution is -2.50. The Balaban J connectivity index is 4.17. The summed E-state index contributed by atoms with van der Waals surface area (Å²) in [5, 5.41) is 12.0. The van der Waals surface area contributed by atoms with Crippen LogP contribution in [0.4, 0.5) is 0 Å². The molecule has 0 rings (SSSR count). The molecule has 0 fully saturated rings. The average molecular weight is 197 g/mol. The molecule has 0 spiro atoms. The Bertz CT molecular complexity index is 206. The molecular formula is C11H19NO2. The topological polar surface area (TPSA) is 49.3 Å². The maximum atomic E-state index is 11.4. The summed E-state index contributed by atoms with van der Waals surface area (Å²) in [4.78, 5) is 11.4. The molecule has 0 aromatic rings. The molecule has 0 aliphatic heterocycles. The van der Waals surface area contributed by atoms with Gasteiger partial charge in [0.05, 0.1) is 12.1 Å². The second-order valence-electron chi connectivity index (χ2n) is 3.40. The summed E-state index contributed by atoms with van der Waals surface area (Å²) >= 11 is 0. The molecule has 3 nitrogen and oxygen atoms in total. The van der Waals surface area contributed by atoms with Crippen LogP contribution >= 0.6 is 0 Å². The highest BCUT2D eigenvalue weighted by Crippen LogP contribution is 2.14. The predicted molar refractivity (Wildman–Crippen MR) is 56.6 cm³/mol. The van der Waals surface area contributed by atoms with Crippen LogP contribution in [-0.2, 0) is 4.79 Å². The first kappa shape index (κ1) is 13.0. The summed E-state index contributed by atoms with van der Waals surface area (Å²) in [6.45, 7) is 3.87. The number of terminal acetylenes is 1. The van der Waals surface area contributed by atoms with E-state index >= 15 is 0 Å². The van der Waals surface area contributed by atoms with E-state index in [1.54, 1.807) is 0 Å². The maximum Gasteiger partial charge on any atom is 0.221 e. The lowest BCUT2D eigenvalue weighted by atomic mass is 9.93. The van der Waals surface area contributed by atoms with Crippen LogP contribution in [0.1, 0.15) is 39.5 Å². The van der Waals surface area contributed by atoms with E-state index in [0.29, 0.717) is 12.8 Å². The number of carbonyl (C=O) groups is 1. The van der Waals surface area contributed by atoms with Crippen LogP contribution in [0.5, 0.6) is 0 Å². The van der Waals surface area contributed by atoms with Crippen molar-refractivity contribution in [1.82, 2.24) is 5.32 Å². The van der Waals surface area contributed by atoms with Gasteiger partial charge in [-0.25, -0.2) is 0 Å². The van der Waals surface area contributed by atoms with Crippen LogP contribution in [0, 0.1) is 12.3 Å². The van der Waals surface area contributed by atoms with Gasteiger partial charge in [0.2, 0.25) is 5.91 Å². The SMILES string of the molecule is C#CCCC(=O)NC(CC)(CC)CO. The van der Waals surface area contributed by atoms with E-state index < -0.39 is 5.54 Å². The lowest BCUT2D eigenvalue weighted by Gasteiger charge is -2.30. The largest absolute Gasteiger partial charge is 0.394 e. The third kappa shape index (κ3) is 3.80. The van der Waals surface area contributed by atoms with E-state index in [0.717, 1.165) is 12.8 Å². The number of nitrogens with one attached hydrogen (secondary N) is 1. The molecule has 0 bridgehead atoms. The standard InChI is InChI=1S/C11H19NO2/c1-4-7-8-10(14)12-11(5-2,6-3)9-13/h1,13H,5-9H2,2-3H3,(H,12,14). The number of carbonyl (C=O) groups excluding carboxylic acids is 1. The van der Waals surface area contributed by atoms with Crippen molar-refractivity contribution in [2.24, 2.45) is 0 Å². The normalized spacial score (nSPS) is 10.7. The van der Waals surface area contributed by atoms with Gasteiger partial charge in [0, 0.05) is 12.8 Å². The molecule has 0 unspecified atom stereocenters. The van der Waals surface area contributed by atoms with E-state index in [9.17, 15) is 9.90 Å². The Labute approximate surface area is 85.9 Å². The van der Waals surface area contributed by atoms with Crippen molar-refractivity contribution >= 4 is 5.91 Å². The molecule has 0 heterocycles. The molecule has 0 aliphatic carbocycles. The summed E-state index contributed by atoms with van der Waals surface area (Å²) in [6.07, 6.45) is 7.28. The number of amides is 1. The first-order valence-electron chi connectivity index (χ1n) is 4.99. The van der Waals surface area contributed by atoms with Crippen molar-refractivity contribution in [2.75, 3.05) is 6.61 Å². The van der Waals surface area contributed by atoms with E-state index in [-0.39, 0.29) is 12.5 Å². The molecule has 3 heteroatoms. The molecule has 14 heavy (non-hydrogen) atoms. The zero-order valence-corrected chi connectivity index (χ0v) is 8.97. The van der Waals surface area contributed by atoms with Crippen molar-refractivity contribution < 1.29 is 9.90 Å². The molecular weight excluding hydrogens is 178 g/mol. The van der Waals surface area contributed by atoms with E-state index in [4.69, 9.17) is 6.42 Å². The lowest BCUT2D eigenvalue weighted by molar-refractivity contribution is -0.123. The zero-order valence-electron chi connectivity index (χ0n) is 8.97. The van der Waals surface area contributed by atoms with E-state index in [1.807, 2.05) is 13.8 Å². The van der Waals surface area contributed by atoms with Gasteiger partial charge in [0.15, 0.2) is 0 Å². The summed E-state index contributed by atoms with van der Waals surface area (Å²) in [6, 6.07) is 0. The smallest absolute Gasteiger partial charge is 0.221 e. The van der Waals surface area contributed by atoms with Crippen molar-refractivity contribution in [2.45, 2.75) is 45.1 Å². The first-order valence-corrected chi connectivity index (χ1v) is 4.99. The molecule has 0 aliphatic rings. The fourth-order valence-corrected chi connectivity index (χ4v) is 1.23. The monoisotopic (exact) mass is 197 g/mol. The molecule has 0 atom stereocenters. The highest BCUT2D eigenvalue weighted by Gasteiger charge is 2.26. The number of rotatable bonds is 6. The Morgan fingerprint density at radius 1 is 1.50 bits per heavy atom.